The number of rotatable bonds is 4. The Labute approximate surface area is 143 Å². The molecule has 1 unspecified atom stereocenters. The summed E-state index contributed by atoms with van der Waals surface area (Å²) in [6.45, 7) is 5.78. The number of halogens is 1. The number of morpholine rings is 1. The average Bonchev–Trinajstić information content (AvgIpc) is 2.60. The zero-order valence-corrected chi connectivity index (χ0v) is 14.5. The molecule has 0 aliphatic carbocycles. The van der Waals surface area contributed by atoms with Gasteiger partial charge in [0.2, 0.25) is 5.91 Å². The van der Waals surface area contributed by atoms with E-state index in [4.69, 9.17) is 4.74 Å². The number of amides is 1. The lowest BCUT2D eigenvalue weighted by molar-refractivity contribution is -0.135. The maximum atomic E-state index is 14.1. The number of anilines is 1. The second-order valence-electron chi connectivity index (χ2n) is 7.06. The molecule has 0 bridgehead atoms. The van der Waals surface area contributed by atoms with Crippen molar-refractivity contribution < 1.29 is 13.9 Å². The van der Waals surface area contributed by atoms with E-state index in [1.807, 2.05) is 12.1 Å². The Bertz CT molecular complexity index is 570. The molecule has 0 spiro atoms. The molecule has 3 rings (SSSR count). The minimum absolute atomic E-state index is 0.0651. The van der Waals surface area contributed by atoms with Gasteiger partial charge in [-0.05, 0) is 37.8 Å². The SMILES string of the molecule is CC1(F)CCCN(C(=O)CCc2ccccc2N2CCOCC2)C1. The van der Waals surface area contributed by atoms with Crippen LogP contribution in [0.5, 0.6) is 0 Å². The third kappa shape index (κ3) is 4.26. The first-order valence-electron chi connectivity index (χ1n) is 8.92. The van der Waals surface area contributed by atoms with Crippen LogP contribution in [0.2, 0.25) is 0 Å². The van der Waals surface area contributed by atoms with Crippen LogP contribution in [-0.4, -0.2) is 55.9 Å². The van der Waals surface area contributed by atoms with E-state index in [2.05, 4.69) is 17.0 Å². The third-order valence-electron chi connectivity index (χ3n) is 4.95. The van der Waals surface area contributed by atoms with Crippen molar-refractivity contribution in [1.29, 1.82) is 0 Å². The molecule has 0 saturated carbocycles. The van der Waals surface area contributed by atoms with Crippen molar-refractivity contribution in [2.75, 3.05) is 44.3 Å². The first kappa shape index (κ1) is 17.2. The summed E-state index contributed by atoms with van der Waals surface area (Å²) in [5, 5.41) is 0. The predicted octanol–water partition coefficient (Wildman–Crippen LogP) is 2.81. The van der Waals surface area contributed by atoms with Crippen LogP contribution in [-0.2, 0) is 16.0 Å². The Morgan fingerprint density at radius 1 is 1.25 bits per heavy atom. The van der Waals surface area contributed by atoms with E-state index in [1.54, 1.807) is 11.8 Å². The zero-order chi connectivity index (χ0) is 17.0. The maximum Gasteiger partial charge on any atom is 0.223 e. The van der Waals surface area contributed by atoms with Gasteiger partial charge in [0, 0.05) is 31.7 Å². The molecule has 5 heteroatoms. The van der Waals surface area contributed by atoms with Crippen molar-refractivity contribution in [2.45, 2.75) is 38.3 Å². The normalized spacial score (nSPS) is 24.9. The van der Waals surface area contributed by atoms with Crippen molar-refractivity contribution in [1.82, 2.24) is 4.90 Å². The quantitative estimate of drug-likeness (QED) is 0.849. The van der Waals surface area contributed by atoms with E-state index in [0.29, 0.717) is 25.8 Å². The molecule has 0 radical (unpaired) electrons. The standard InChI is InChI=1S/C19H27FN2O2/c1-19(20)9-4-10-22(15-19)18(23)8-7-16-5-2-3-6-17(16)21-11-13-24-14-12-21/h2-3,5-6H,4,7-15H2,1H3. The van der Waals surface area contributed by atoms with E-state index in [9.17, 15) is 9.18 Å². The lowest BCUT2D eigenvalue weighted by Gasteiger charge is -2.35. The van der Waals surface area contributed by atoms with Crippen molar-refractivity contribution in [3.63, 3.8) is 0 Å². The summed E-state index contributed by atoms with van der Waals surface area (Å²) in [4.78, 5) is 16.5. The van der Waals surface area contributed by atoms with Gasteiger partial charge in [-0.25, -0.2) is 4.39 Å². The van der Waals surface area contributed by atoms with Crippen LogP contribution in [0.1, 0.15) is 31.7 Å². The second-order valence-corrected chi connectivity index (χ2v) is 7.06. The van der Waals surface area contributed by atoms with Crippen LogP contribution in [0.4, 0.5) is 10.1 Å². The highest BCUT2D eigenvalue weighted by Gasteiger charge is 2.32. The first-order chi connectivity index (χ1) is 11.6. The molecular formula is C19H27FN2O2. The van der Waals surface area contributed by atoms with Crippen molar-refractivity contribution in [2.24, 2.45) is 0 Å². The first-order valence-corrected chi connectivity index (χ1v) is 8.92. The molecule has 24 heavy (non-hydrogen) atoms. The van der Waals surface area contributed by atoms with Gasteiger partial charge in [0.1, 0.15) is 5.67 Å². The van der Waals surface area contributed by atoms with E-state index in [0.717, 1.165) is 32.7 Å². The molecule has 1 atom stereocenters. The number of carbonyl (C=O) groups excluding carboxylic acids is 1. The van der Waals surface area contributed by atoms with Gasteiger partial charge in [0.25, 0.3) is 0 Å². The second kappa shape index (κ2) is 7.51. The highest BCUT2D eigenvalue weighted by atomic mass is 19.1. The molecule has 1 aromatic carbocycles. The fourth-order valence-corrected chi connectivity index (χ4v) is 3.64. The number of likely N-dealkylation sites (tertiary alicyclic amines) is 1. The van der Waals surface area contributed by atoms with Crippen LogP contribution in [0, 0.1) is 0 Å². The molecule has 2 saturated heterocycles. The molecule has 2 heterocycles. The number of benzene rings is 1. The Balaban J connectivity index is 1.61. The van der Waals surface area contributed by atoms with Crippen LogP contribution < -0.4 is 4.90 Å². The van der Waals surface area contributed by atoms with Gasteiger partial charge in [0.05, 0.1) is 19.8 Å². The van der Waals surface area contributed by atoms with Gasteiger partial charge in [-0.1, -0.05) is 18.2 Å². The number of carbonyl (C=O) groups is 1. The topological polar surface area (TPSA) is 32.8 Å². The molecule has 1 amide bonds. The van der Waals surface area contributed by atoms with Crippen molar-refractivity contribution >= 4 is 11.6 Å². The summed E-state index contributed by atoms with van der Waals surface area (Å²) in [7, 11) is 0. The average molecular weight is 334 g/mol. The number of hydrogen-bond acceptors (Lipinski definition) is 3. The van der Waals surface area contributed by atoms with Crippen molar-refractivity contribution in [3.8, 4) is 0 Å². The minimum atomic E-state index is -1.24. The number of para-hydroxylation sites is 1. The van der Waals surface area contributed by atoms with Gasteiger partial charge < -0.3 is 14.5 Å². The number of nitrogens with zero attached hydrogens (tertiary/aromatic N) is 2. The number of piperidine rings is 1. The van der Waals surface area contributed by atoms with Crippen LogP contribution in [0.15, 0.2) is 24.3 Å². The van der Waals surface area contributed by atoms with Crippen molar-refractivity contribution in [3.05, 3.63) is 29.8 Å². The monoisotopic (exact) mass is 334 g/mol. The fourth-order valence-electron chi connectivity index (χ4n) is 3.64. The van der Waals surface area contributed by atoms with E-state index in [1.165, 1.54) is 11.3 Å². The molecular weight excluding hydrogens is 307 g/mol. The highest BCUT2D eigenvalue weighted by Crippen LogP contribution is 2.26. The summed E-state index contributed by atoms with van der Waals surface area (Å²) in [6.07, 6.45) is 2.45. The molecule has 1 aromatic rings. The summed E-state index contributed by atoms with van der Waals surface area (Å²) in [6, 6.07) is 8.26. The molecule has 2 aliphatic rings. The lowest BCUT2D eigenvalue weighted by Crippen LogP contribution is -2.46. The molecule has 132 valence electrons. The van der Waals surface area contributed by atoms with E-state index < -0.39 is 5.67 Å². The minimum Gasteiger partial charge on any atom is -0.378 e. The third-order valence-corrected chi connectivity index (χ3v) is 4.95. The Morgan fingerprint density at radius 3 is 2.75 bits per heavy atom. The van der Waals surface area contributed by atoms with Crippen LogP contribution in [0.25, 0.3) is 0 Å². The van der Waals surface area contributed by atoms with E-state index >= 15 is 0 Å². The van der Waals surface area contributed by atoms with Crippen LogP contribution in [0.3, 0.4) is 0 Å². The summed E-state index contributed by atoms with van der Waals surface area (Å²) >= 11 is 0. The largest absolute Gasteiger partial charge is 0.378 e. The summed E-state index contributed by atoms with van der Waals surface area (Å²) in [5.41, 5.74) is 1.15. The Morgan fingerprint density at radius 2 is 2.00 bits per heavy atom. The van der Waals surface area contributed by atoms with E-state index in [-0.39, 0.29) is 12.5 Å². The zero-order valence-electron chi connectivity index (χ0n) is 14.5. The van der Waals surface area contributed by atoms with Gasteiger partial charge in [-0.15, -0.1) is 0 Å². The molecule has 2 fully saturated rings. The molecule has 2 aliphatic heterocycles. The fraction of sp³-hybridized carbons (Fsp3) is 0.632. The number of ether oxygens (including phenoxy) is 1. The molecule has 4 nitrogen and oxygen atoms in total. The van der Waals surface area contributed by atoms with Gasteiger partial charge in [-0.3, -0.25) is 4.79 Å². The highest BCUT2D eigenvalue weighted by molar-refractivity contribution is 5.77. The maximum absolute atomic E-state index is 14.1. The Kier molecular flexibility index (Phi) is 5.39. The predicted molar refractivity (Wildman–Crippen MR) is 93.1 cm³/mol. The summed E-state index contributed by atoms with van der Waals surface area (Å²) < 4.78 is 19.6. The van der Waals surface area contributed by atoms with Crippen LogP contribution >= 0.6 is 0 Å². The smallest absolute Gasteiger partial charge is 0.223 e. The number of hydrogen-bond donors (Lipinski definition) is 0. The Hall–Kier alpha value is -1.62. The van der Waals surface area contributed by atoms with Gasteiger partial charge in [0.15, 0.2) is 0 Å². The summed E-state index contributed by atoms with van der Waals surface area (Å²) in [5.74, 6) is 0.0651. The van der Waals surface area contributed by atoms with Gasteiger partial charge in [-0.2, -0.15) is 0 Å². The van der Waals surface area contributed by atoms with Gasteiger partial charge >= 0.3 is 0 Å². The lowest BCUT2D eigenvalue weighted by atomic mass is 9.96. The molecule has 0 aromatic heterocycles. The number of alkyl halides is 1. The molecule has 0 N–H and O–H groups in total. The number of aryl methyl sites for hydroxylation is 1.